The third kappa shape index (κ3) is 3.75. The molecule has 4 nitrogen and oxygen atoms in total. The molecule has 0 saturated heterocycles. The molecule has 84 valence electrons. The van der Waals surface area contributed by atoms with Crippen LogP contribution >= 0.6 is 0 Å². The zero-order chi connectivity index (χ0) is 11.3. The molecule has 0 spiro atoms. The molecule has 3 N–H and O–H groups in total. The summed E-state index contributed by atoms with van der Waals surface area (Å²) in [4.78, 5) is 11.4. The van der Waals surface area contributed by atoms with E-state index in [4.69, 9.17) is 10.2 Å². The smallest absolute Gasteiger partial charge is 0.237 e. The molecule has 1 rings (SSSR count). The molecule has 0 aliphatic heterocycles. The van der Waals surface area contributed by atoms with Gasteiger partial charge in [0.2, 0.25) is 5.91 Å². The molecule has 1 aromatic heterocycles. The molecule has 0 saturated carbocycles. The van der Waals surface area contributed by atoms with Crippen LogP contribution in [0.4, 0.5) is 0 Å². The van der Waals surface area contributed by atoms with Crippen LogP contribution in [0.5, 0.6) is 0 Å². The molecule has 1 heterocycles. The minimum absolute atomic E-state index is 0.120. The number of carbonyl (C=O) groups is 1. The molecule has 0 fully saturated rings. The van der Waals surface area contributed by atoms with Crippen LogP contribution in [0.1, 0.15) is 31.3 Å². The molecule has 0 unspecified atom stereocenters. The van der Waals surface area contributed by atoms with Crippen molar-refractivity contribution in [2.45, 2.75) is 39.3 Å². The fourth-order valence-electron chi connectivity index (χ4n) is 1.33. The SMILES string of the molecule is CCC[C@H](N)C(=O)NCc1ccc(C)o1. The summed E-state index contributed by atoms with van der Waals surface area (Å²) in [6.45, 7) is 4.28. The van der Waals surface area contributed by atoms with E-state index >= 15 is 0 Å². The quantitative estimate of drug-likeness (QED) is 0.770. The first-order chi connectivity index (χ1) is 7.13. The second-order valence-electron chi connectivity index (χ2n) is 3.63. The van der Waals surface area contributed by atoms with Crippen molar-refractivity contribution in [2.75, 3.05) is 0 Å². The summed E-state index contributed by atoms with van der Waals surface area (Å²) in [6.07, 6.45) is 1.62. The lowest BCUT2D eigenvalue weighted by Crippen LogP contribution is -2.39. The van der Waals surface area contributed by atoms with Crippen molar-refractivity contribution >= 4 is 5.91 Å². The summed E-state index contributed by atoms with van der Waals surface area (Å²) in [5, 5.41) is 2.74. The van der Waals surface area contributed by atoms with Crippen LogP contribution in [0, 0.1) is 6.92 Å². The van der Waals surface area contributed by atoms with E-state index < -0.39 is 6.04 Å². The zero-order valence-electron chi connectivity index (χ0n) is 9.25. The lowest BCUT2D eigenvalue weighted by atomic mass is 10.2. The van der Waals surface area contributed by atoms with Gasteiger partial charge in [-0.2, -0.15) is 0 Å². The van der Waals surface area contributed by atoms with Crippen LogP contribution in [0.25, 0.3) is 0 Å². The number of furan rings is 1. The molecular weight excluding hydrogens is 192 g/mol. The molecule has 0 aliphatic rings. The van der Waals surface area contributed by atoms with Crippen LogP contribution in [-0.4, -0.2) is 11.9 Å². The first-order valence-electron chi connectivity index (χ1n) is 5.22. The molecule has 15 heavy (non-hydrogen) atoms. The summed E-state index contributed by atoms with van der Waals surface area (Å²) in [5.74, 6) is 1.48. The first-order valence-corrected chi connectivity index (χ1v) is 5.22. The average molecular weight is 210 g/mol. The highest BCUT2D eigenvalue weighted by molar-refractivity contribution is 5.81. The van der Waals surface area contributed by atoms with E-state index in [-0.39, 0.29) is 5.91 Å². The van der Waals surface area contributed by atoms with Gasteiger partial charge in [-0.05, 0) is 25.5 Å². The predicted molar refractivity (Wildman–Crippen MR) is 58.2 cm³/mol. The number of hydrogen-bond donors (Lipinski definition) is 2. The van der Waals surface area contributed by atoms with Crippen molar-refractivity contribution in [2.24, 2.45) is 5.73 Å². The zero-order valence-corrected chi connectivity index (χ0v) is 9.25. The number of nitrogens with one attached hydrogen (secondary N) is 1. The minimum atomic E-state index is -0.411. The lowest BCUT2D eigenvalue weighted by Gasteiger charge is -2.09. The normalized spacial score (nSPS) is 12.5. The van der Waals surface area contributed by atoms with Gasteiger partial charge in [-0.15, -0.1) is 0 Å². The van der Waals surface area contributed by atoms with Gasteiger partial charge in [0.25, 0.3) is 0 Å². The van der Waals surface area contributed by atoms with E-state index in [9.17, 15) is 4.79 Å². The fraction of sp³-hybridized carbons (Fsp3) is 0.545. The van der Waals surface area contributed by atoms with E-state index in [1.165, 1.54) is 0 Å². The molecule has 1 amide bonds. The molecule has 0 aromatic carbocycles. The minimum Gasteiger partial charge on any atom is -0.465 e. The monoisotopic (exact) mass is 210 g/mol. The van der Waals surface area contributed by atoms with Gasteiger partial charge in [-0.25, -0.2) is 0 Å². The molecule has 0 bridgehead atoms. The highest BCUT2D eigenvalue weighted by Crippen LogP contribution is 2.05. The van der Waals surface area contributed by atoms with Crippen molar-refractivity contribution in [3.63, 3.8) is 0 Å². The van der Waals surface area contributed by atoms with Gasteiger partial charge in [0, 0.05) is 0 Å². The molecule has 0 radical (unpaired) electrons. The Balaban J connectivity index is 2.34. The second kappa shape index (κ2) is 5.56. The Morgan fingerprint density at radius 2 is 2.33 bits per heavy atom. The van der Waals surface area contributed by atoms with E-state index in [0.29, 0.717) is 13.0 Å². The van der Waals surface area contributed by atoms with E-state index in [0.717, 1.165) is 17.9 Å². The number of nitrogens with two attached hydrogens (primary N) is 1. The maximum atomic E-state index is 11.4. The molecule has 4 heteroatoms. The van der Waals surface area contributed by atoms with Crippen LogP contribution in [0.2, 0.25) is 0 Å². The number of amides is 1. The Kier molecular flexibility index (Phi) is 4.37. The van der Waals surface area contributed by atoms with Gasteiger partial charge in [-0.3, -0.25) is 4.79 Å². The number of hydrogen-bond acceptors (Lipinski definition) is 3. The van der Waals surface area contributed by atoms with Gasteiger partial charge in [0.1, 0.15) is 11.5 Å². The van der Waals surface area contributed by atoms with Crippen molar-refractivity contribution in [3.8, 4) is 0 Å². The van der Waals surface area contributed by atoms with Crippen LogP contribution in [-0.2, 0) is 11.3 Å². The highest BCUT2D eigenvalue weighted by atomic mass is 16.3. The van der Waals surface area contributed by atoms with Crippen molar-refractivity contribution in [1.82, 2.24) is 5.32 Å². The third-order valence-corrected chi connectivity index (χ3v) is 2.17. The molecule has 0 aliphatic carbocycles. The maximum absolute atomic E-state index is 11.4. The van der Waals surface area contributed by atoms with Crippen LogP contribution < -0.4 is 11.1 Å². The molecule has 1 aromatic rings. The topological polar surface area (TPSA) is 68.3 Å². The van der Waals surface area contributed by atoms with Gasteiger partial charge in [0.15, 0.2) is 0 Å². The van der Waals surface area contributed by atoms with Crippen molar-refractivity contribution in [3.05, 3.63) is 23.7 Å². The largest absolute Gasteiger partial charge is 0.465 e. The first kappa shape index (κ1) is 11.8. The van der Waals surface area contributed by atoms with Gasteiger partial charge in [-0.1, -0.05) is 13.3 Å². The standard InChI is InChI=1S/C11H18N2O2/c1-3-4-10(12)11(14)13-7-9-6-5-8(2)15-9/h5-6,10H,3-4,7,12H2,1-2H3,(H,13,14)/t10-/m0/s1. The van der Waals surface area contributed by atoms with Gasteiger partial charge in [0.05, 0.1) is 12.6 Å². The lowest BCUT2D eigenvalue weighted by molar-refractivity contribution is -0.122. The number of carbonyl (C=O) groups excluding carboxylic acids is 1. The summed E-state index contributed by atoms with van der Waals surface area (Å²) >= 11 is 0. The molecular formula is C11H18N2O2. The summed E-state index contributed by atoms with van der Waals surface area (Å²) in [7, 11) is 0. The van der Waals surface area contributed by atoms with Crippen molar-refractivity contribution < 1.29 is 9.21 Å². The summed E-state index contributed by atoms with van der Waals surface area (Å²) in [5.41, 5.74) is 5.65. The van der Waals surface area contributed by atoms with Gasteiger partial charge < -0.3 is 15.5 Å². The number of rotatable bonds is 5. The Bertz CT molecular complexity index is 320. The van der Waals surface area contributed by atoms with E-state index in [2.05, 4.69) is 5.32 Å². The summed E-state index contributed by atoms with van der Waals surface area (Å²) < 4.78 is 5.32. The van der Waals surface area contributed by atoms with Crippen molar-refractivity contribution in [1.29, 1.82) is 0 Å². The Morgan fingerprint density at radius 1 is 1.60 bits per heavy atom. The molecule has 1 atom stereocenters. The van der Waals surface area contributed by atoms with Gasteiger partial charge >= 0.3 is 0 Å². The predicted octanol–water partition coefficient (Wildman–Crippen LogP) is 1.33. The Hall–Kier alpha value is -1.29. The highest BCUT2D eigenvalue weighted by Gasteiger charge is 2.11. The van der Waals surface area contributed by atoms with Crippen LogP contribution in [0.3, 0.4) is 0 Å². The Morgan fingerprint density at radius 3 is 2.87 bits per heavy atom. The fourth-order valence-corrected chi connectivity index (χ4v) is 1.33. The second-order valence-corrected chi connectivity index (χ2v) is 3.63. The van der Waals surface area contributed by atoms with Crippen LogP contribution in [0.15, 0.2) is 16.5 Å². The Labute approximate surface area is 89.8 Å². The average Bonchev–Trinajstić information content (AvgIpc) is 2.61. The number of aryl methyl sites for hydroxylation is 1. The van der Waals surface area contributed by atoms with E-state index in [1.54, 1.807) is 0 Å². The van der Waals surface area contributed by atoms with E-state index in [1.807, 2.05) is 26.0 Å². The third-order valence-electron chi connectivity index (χ3n) is 2.17. The summed E-state index contributed by atoms with van der Waals surface area (Å²) in [6, 6.07) is 3.31. The maximum Gasteiger partial charge on any atom is 0.237 e.